The molecule has 0 saturated heterocycles. The lowest BCUT2D eigenvalue weighted by molar-refractivity contribution is 0.389. The van der Waals surface area contributed by atoms with E-state index in [4.69, 9.17) is 5.84 Å². The summed E-state index contributed by atoms with van der Waals surface area (Å²) in [5.74, 6) is 7.20. The molecule has 2 aromatic rings. The Bertz CT molecular complexity index is 646. The average Bonchev–Trinajstić information content (AvgIpc) is 2.44. The fourth-order valence-electron chi connectivity index (χ4n) is 3.90. The van der Waals surface area contributed by atoms with Crippen LogP contribution in [0.4, 0.5) is 0 Å². The summed E-state index contributed by atoms with van der Waals surface area (Å²) >= 11 is 0. The largest absolute Gasteiger partial charge is 0.271 e. The molecule has 1 saturated carbocycles. The fraction of sp³-hybridized carbons (Fsp3) is 0.368. The van der Waals surface area contributed by atoms with Crippen LogP contribution in [0.3, 0.4) is 0 Å². The number of rotatable bonds is 4. The van der Waals surface area contributed by atoms with Crippen molar-refractivity contribution < 1.29 is 0 Å². The lowest BCUT2D eigenvalue weighted by Crippen LogP contribution is -2.38. The minimum absolute atomic E-state index is 0.233. The van der Waals surface area contributed by atoms with Crippen LogP contribution < -0.4 is 11.3 Å². The molecule has 2 atom stereocenters. The van der Waals surface area contributed by atoms with Crippen molar-refractivity contribution in [2.75, 3.05) is 0 Å². The van der Waals surface area contributed by atoms with E-state index < -0.39 is 0 Å². The zero-order valence-corrected chi connectivity index (χ0v) is 12.3. The van der Waals surface area contributed by atoms with Crippen molar-refractivity contribution in [3.8, 4) is 0 Å². The summed E-state index contributed by atoms with van der Waals surface area (Å²) in [4.78, 5) is 0. The SMILES string of the molecule is NNC(c1ccccc1C1CCC1)C1Cc2ccccc21. The van der Waals surface area contributed by atoms with Gasteiger partial charge in [-0.2, -0.15) is 0 Å². The monoisotopic (exact) mass is 278 g/mol. The number of hydrogen-bond donors (Lipinski definition) is 2. The summed E-state index contributed by atoms with van der Waals surface area (Å²) in [6.07, 6.45) is 5.15. The van der Waals surface area contributed by atoms with Crippen LogP contribution in [0.1, 0.15) is 59.4 Å². The first-order valence-electron chi connectivity index (χ1n) is 8.01. The topological polar surface area (TPSA) is 38.0 Å². The van der Waals surface area contributed by atoms with Gasteiger partial charge in [-0.05, 0) is 47.4 Å². The van der Waals surface area contributed by atoms with Gasteiger partial charge in [-0.3, -0.25) is 11.3 Å². The summed E-state index contributed by atoms with van der Waals surface area (Å²) < 4.78 is 0. The molecule has 2 aliphatic carbocycles. The molecule has 0 amide bonds. The van der Waals surface area contributed by atoms with Crippen molar-refractivity contribution in [2.45, 2.75) is 43.6 Å². The zero-order chi connectivity index (χ0) is 14.2. The fourth-order valence-corrected chi connectivity index (χ4v) is 3.90. The van der Waals surface area contributed by atoms with Gasteiger partial charge in [0.25, 0.3) is 0 Å². The maximum Gasteiger partial charge on any atom is 0.0534 e. The minimum Gasteiger partial charge on any atom is -0.271 e. The molecule has 3 N–H and O–H groups in total. The number of hydrogen-bond acceptors (Lipinski definition) is 2. The summed E-state index contributed by atoms with van der Waals surface area (Å²) in [6.45, 7) is 0. The van der Waals surface area contributed by atoms with Crippen LogP contribution in [0, 0.1) is 0 Å². The number of fused-ring (bicyclic) bond motifs is 1. The van der Waals surface area contributed by atoms with Gasteiger partial charge in [0.1, 0.15) is 0 Å². The van der Waals surface area contributed by atoms with Crippen molar-refractivity contribution in [1.29, 1.82) is 0 Å². The van der Waals surface area contributed by atoms with E-state index >= 15 is 0 Å². The van der Waals surface area contributed by atoms with E-state index in [1.165, 1.54) is 41.5 Å². The third-order valence-electron chi connectivity index (χ3n) is 5.35. The third kappa shape index (κ3) is 2.10. The van der Waals surface area contributed by atoms with Gasteiger partial charge in [-0.25, -0.2) is 0 Å². The summed E-state index contributed by atoms with van der Waals surface area (Å²) in [5, 5.41) is 0. The second-order valence-corrected chi connectivity index (χ2v) is 6.41. The van der Waals surface area contributed by atoms with Crippen LogP contribution in [-0.2, 0) is 6.42 Å². The Hall–Kier alpha value is -1.64. The Morgan fingerprint density at radius 3 is 2.33 bits per heavy atom. The van der Waals surface area contributed by atoms with Gasteiger partial charge in [-0.1, -0.05) is 55.0 Å². The Kier molecular flexibility index (Phi) is 3.28. The van der Waals surface area contributed by atoms with Crippen molar-refractivity contribution >= 4 is 0 Å². The molecule has 2 nitrogen and oxygen atoms in total. The van der Waals surface area contributed by atoms with E-state index in [0.29, 0.717) is 5.92 Å². The lowest BCUT2D eigenvalue weighted by atomic mass is 9.69. The molecule has 2 unspecified atom stereocenters. The molecule has 0 spiro atoms. The van der Waals surface area contributed by atoms with E-state index in [0.717, 1.165) is 12.3 Å². The predicted octanol–water partition coefficient (Wildman–Crippen LogP) is 3.80. The third-order valence-corrected chi connectivity index (χ3v) is 5.35. The van der Waals surface area contributed by atoms with Gasteiger partial charge < -0.3 is 0 Å². The highest BCUT2D eigenvalue weighted by atomic mass is 15.2. The first kappa shape index (κ1) is 13.1. The van der Waals surface area contributed by atoms with Crippen LogP contribution in [0.15, 0.2) is 48.5 Å². The maximum absolute atomic E-state index is 5.95. The smallest absolute Gasteiger partial charge is 0.0534 e. The van der Waals surface area contributed by atoms with Gasteiger partial charge in [0.15, 0.2) is 0 Å². The molecule has 108 valence electrons. The normalized spacial score (nSPS) is 22.0. The molecular formula is C19H22N2. The Balaban J connectivity index is 1.68. The zero-order valence-electron chi connectivity index (χ0n) is 12.3. The number of benzene rings is 2. The van der Waals surface area contributed by atoms with E-state index in [1.54, 1.807) is 0 Å². The predicted molar refractivity (Wildman–Crippen MR) is 86.0 cm³/mol. The first-order valence-corrected chi connectivity index (χ1v) is 8.01. The Morgan fingerprint density at radius 1 is 0.952 bits per heavy atom. The molecule has 0 aliphatic heterocycles. The Labute approximate surface area is 126 Å². The van der Waals surface area contributed by atoms with E-state index in [1.807, 2.05) is 0 Å². The minimum atomic E-state index is 0.233. The molecule has 2 aromatic carbocycles. The Morgan fingerprint density at radius 2 is 1.67 bits per heavy atom. The number of nitrogens with one attached hydrogen (secondary N) is 1. The standard InChI is InChI=1S/C19H22N2/c20-21-19(18-12-14-6-1-2-10-16(14)18)17-11-4-3-9-15(17)13-7-5-8-13/h1-4,6,9-11,13,18-19,21H,5,7-8,12,20H2. The molecule has 2 heteroatoms. The van der Waals surface area contributed by atoms with Crippen LogP contribution >= 0.6 is 0 Å². The van der Waals surface area contributed by atoms with Crippen molar-refractivity contribution in [3.05, 3.63) is 70.8 Å². The van der Waals surface area contributed by atoms with Crippen molar-refractivity contribution in [2.24, 2.45) is 5.84 Å². The van der Waals surface area contributed by atoms with Crippen LogP contribution in [0.2, 0.25) is 0 Å². The quantitative estimate of drug-likeness (QED) is 0.659. The lowest BCUT2D eigenvalue weighted by Gasteiger charge is -2.39. The number of hydrazine groups is 1. The first-order chi connectivity index (χ1) is 10.4. The van der Waals surface area contributed by atoms with Gasteiger partial charge in [0, 0.05) is 5.92 Å². The highest BCUT2D eigenvalue weighted by Gasteiger charge is 2.35. The van der Waals surface area contributed by atoms with Gasteiger partial charge in [0.2, 0.25) is 0 Å². The van der Waals surface area contributed by atoms with Crippen LogP contribution in [0.25, 0.3) is 0 Å². The highest BCUT2D eigenvalue weighted by molar-refractivity contribution is 5.45. The molecule has 2 aliphatic rings. The van der Waals surface area contributed by atoms with Gasteiger partial charge in [0.05, 0.1) is 6.04 Å². The summed E-state index contributed by atoms with van der Waals surface area (Å²) in [5.41, 5.74) is 8.96. The molecule has 4 rings (SSSR count). The van der Waals surface area contributed by atoms with E-state index in [2.05, 4.69) is 54.0 Å². The highest BCUT2D eigenvalue weighted by Crippen LogP contribution is 2.46. The van der Waals surface area contributed by atoms with E-state index in [9.17, 15) is 0 Å². The second-order valence-electron chi connectivity index (χ2n) is 6.41. The molecule has 21 heavy (non-hydrogen) atoms. The molecule has 0 heterocycles. The van der Waals surface area contributed by atoms with E-state index in [-0.39, 0.29) is 6.04 Å². The van der Waals surface area contributed by atoms with Crippen molar-refractivity contribution in [1.82, 2.24) is 5.43 Å². The van der Waals surface area contributed by atoms with Gasteiger partial charge in [-0.15, -0.1) is 0 Å². The molecule has 0 aromatic heterocycles. The van der Waals surface area contributed by atoms with Gasteiger partial charge >= 0.3 is 0 Å². The average molecular weight is 278 g/mol. The number of nitrogens with two attached hydrogens (primary N) is 1. The summed E-state index contributed by atoms with van der Waals surface area (Å²) in [7, 11) is 0. The molecular weight excluding hydrogens is 256 g/mol. The van der Waals surface area contributed by atoms with Crippen molar-refractivity contribution in [3.63, 3.8) is 0 Å². The molecule has 0 radical (unpaired) electrons. The van der Waals surface area contributed by atoms with Crippen LogP contribution in [-0.4, -0.2) is 0 Å². The molecule has 0 bridgehead atoms. The van der Waals surface area contributed by atoms with Crippen LogP contribution in [0.5, 0.6) is 0 Å². The second kappa shape index (κ2) is 5.28. The maximum atomic E-state index is 5.95. The summed E-state index contributed by atoms with van der Waals surface area (Å²) in [6, 6.07) is 17.9. The molecule has 1 fully saturated rings.